The SMILES string of the molecule is CC(C)Oc1nc(N(CCO)C2CC2)ccc1N. The molecule has 1 aromatic heterocycles. The van der Waals surface area contributed by atoms with Crippen LogP contribution in [0.4, 0.5) is 11.5 Å². The average Bonchev–Trinajstić information content (AvgIpc) is 3.12. The summed E-state index contributed by atoms with van der Waals surface area (Å²) in [6, 6.07) is 4.20. The number of aromatic nitrogens is 1. The van der Waals surface area contributed by atoms with Crippen molar-refractivity contribution in [2.45, 2.75) is 38.8 Å². The van der Waals surface area contributed by atoms with Gasteiger partial charge in [0.15, 0.2) is 0 Å². The third-order valence-electron chi connectivity index (χ3n) is 2.85. The number of hydrogen-bond donors (Lipinski definition) is 2. The van der Waals surface area contributed by atoms with E-state index in [-0.39, 0.29) is 12.7 Å². The number of rotatable bonds is 6. The number of aliphatic hydroxyl groups is 1. The van der Waals surface area contributed by atoms with Gasteiger partial charge in [-0.1, -0.05) is 0 Å². The van der Waals surface area contributed by atoms with Gasteiger partial charge in [-0.05, 0) is 38.8 Å². The number of ether oxygens (including phenoxy) is 1. The molecule has 0 spiro atoms. The van der Waals surface area contributed by atoms with Crippen LogP contribution in [0.2, 0.25) is 0 Å². The van der Waals surface area contributed by atoms with E-state index in [4.69, 9.17) is 15.6 Å². The summed E-state index contributed by atoms with van der Waals surface area (Å²) in [5.74, 6) is 1.31. The molecule has 1 fully saturated rings. The summed E-state index contributed by atoms with van der Waals surface area (Å²) in [6.45, 7) is 4.62. The third kappa shape index (κ3) is 3.04. The molecular formula is C13H21N3O2. The molecule has 0 bridgehead atoms. The maximum atomic E-state index is 9.12. The molecule has 2 rings (SSSR count). The average molecular weight is 251 g/mol. The lowest BCUT2D eigenvalue weighted by Gasteiger charge is -2.23. The predicted molar refractivity (Wildman–Crippen MR) is 71.9 cm³/mol. The van der Waals surface area contributed by atoms with E-state index in [0.717, 1.165) is 18.7 Å². The fourth-order valence-corrected chi connectivity index (χ4v) is 1.90. The molecule has 0 amide bonds. The highest BCUT2D eigenvalue weighted by Crippen LogP contribution is 2.32. The Kier molecular flexibility index (Phi) is 3.91. The van der Waals surface area contributed by atoms with Gasteiger partial charge in [0.2, 0.25) is 5.88 Å². The van der Waals surface area contributed by atoms with Crippen molar-refractivity contribution in [2.24, 2.45) is 0 Å². The van der Waals surface area contributed by atoms with Gasteiger partial charge in [0, 0.05) is 12.6 Å². The Morgan fingerprint density at radius 1 is 1.50 bits per heavy atom. The van der Waals surface area contributed by atoms with Gasteiger partial charge in [0.25, 0.3) is 0 Å². The summed E-state index contributed by atoms with van der Waals surface area (Å²) in [7, 11) is 0. The molecule has 0 aliphatic heterocycles. The molecule has 0 saturated heterocycles. The fourth-order valence-electron chi connectivity index (χ4n) is 1.90. The van der Waals surface area contributed by atoms with Crippen molar-refractivity contribution in [3.63, 3.8) is 0 Å². The highest BCUT2D eigenvalue weighted by Gasteiger charge is 2.30. The third-order valence-corrected chi connectivity index (χ3v) is 2.85. The molecule has 1 aromatic rings. The number of aliphatic hydroxyl groups excluding tert-OH is 1. The maximum Gasteiger partial charge on any atom is 0.239 e. The van der Waals surface area contributed by atoms with Gasteiger partial charge in [0.1, 0.15) is 5.82 Å². The summed E-state index contributed by atoms with van der Waals surface area (Å²) in [5.41, 5.74) is 6.40. The molecule has 0 radical (unpaired) electrons. The number of anilines is 2. The van der Waals surface area contributed by atoms with Gasteiger partial charge < -0.3 is 20.5 Å². The summed E-state index contributed by atoms with van der Waals surface area (Å²) in [4.78, 5) is 6.58. The van der Waals surface area contributed by atoms with Gasteiger partial charge >= 0.3 is 0 Å². The molecule has 1 aliphatic rings. The standard InChI is InChI=1S/C13H21N3O2/c1-9(2)18-13-11(14)5-6-12(15-13)16(7-8-17)10-3-4-10/h5-6,9-10,17H,3-4,7-8,14H2,1-2H3. The van der Waals surface area contributed by atoms with Crippen molar-refractivity contribution in [1.82, 2.24) is 4.98 Å². The number of nitrogen functional groups attached to an aromatic ring is 1. The minimum Gasteiger partial charge on any atom is -0.473 e. The van der Waals surface area contributed by atoms with Gasteiger partial charge in [-0.15, -0.1) is 0 Å². The number of nitrogens with two attached hydrogens (primary N) is 1. The Morgan fingerprint density at radius 2 is 2.22 bits per heavy atom. The molecule has 0 aromatic carbocycles. The monoisotopic (exact) mass is 251 g/mol. The lowest BCUT2D eigenvalue weighted by Crippen LogP contribution is -2.29. The van der Waals surface area contributed by atoms with Crippen molar-refractivity contribution >= 4 is 11.5 Å². The summed E-state index contributed by atoms with van der Waals surface area (Å²) in [6.07, 6.45) is 2.36. The first-order valence-corrected chi connectivity index (χ1v) is 6.42. The highest BCUT2D eigenvalue weighted by molar-refractivity contribution is 5.55. The lowest BCUT2D eigenvalue weighted by molar-refractivity contribution is 0.234. The van der Waals surface area contributed by atoms with Gasteiger partial charge in [0.05, 0.1) is 18.4 Å². The first-order chi connectivity index (χ1) is 8.61. The summed E-state index contributed by atoms with van der Waals surface area (Å²) >= 11 is 0. The van der Waals surface area contributed by atoms with E-state index < -0.39 is 0 Å². The fraction of sp³-hybridized carbons (Fsp3) is 0.615. The van der Waals surface area contributed by atoms with Crippen LogP contribution in [0, 0.1) is 0 Å². The number of hydrogen-bond acceptors (Lipinski definition) is 5. The largest absolute Gasteiger partial charge is 0.473 e. The normalized spacial score (nSPS) is 14.9. The minimum absolute atomic E-state index is 0.0438. The number of pyridine rings is 1. The second kappa shape index (κ2) is 5.44. The first-order valence-electron chi connectivity index (χ1n) is 6.42. The maximum absolute atomic E-state index is 9.12. The van der Waals surface area contributed by atoms with Crippen LogP contribution in [0.3, 0.4) is 0 Å². The van der Waals surface area contributed by atoms with Crippen molar-refractivity contribution in [3.8, 4) is 5.88 Å². The van der Waals surface area contributed by atoms with E-state index in [1.54, 1.807) is 0 Å². The highest BCUT2D eigenvalue weighted by atomic mass is 16.5. The van der Waals surface area contributed by atoms with Crippen LogP contribution in [0.1, 0.15) is 26.7 Å². The Balaban J connectivity index is 2.21. The van der Waals surface area contributed by atoms with E-state index in [1.165, 1.54) is 0 Å². The topological polar surface area (TPSA) is 71.6 Å². The van der Waals surface area contributed by atoms with Crippen molar-refractivity contribution in [3.05, 3.63) is 12.1 Å². The van der Waals surface area contributed by atoms with Crippen molar-refractivity contribution in [1.29, 1.82) is 0 Å². The number of nitrogens with zero attached hydrogens (tertiary/aromatic N) is 2. The van der Waals surface area contributed by atoms with Crippen LogP contribution in [0.15, 0.2) is 12.1 Å². The zero-order valence-electron chi connectivity index (χ0n) is 11.0. The zero-order chi connectivity index (χ0) is 13.1. The Labute approximate surface area is 108 Å². The molecule has 18 heavy (non-hydrogen) atoms. The van der Waals surface area contributed by atoms with Crippen LogP contribution >= 0.6 is 0 Å². The lowest BCUT2D eigenvalue weighted by atomic mass is 10.3. The molecule has 0 unspecified atom stereocenters. The first kappa shape index (κ1) is 13.0. The quantitative estimate of drug-likeness (QED) is 0.800. The zero-order valence-corrected chi connectivity index (χ0v) is 11.0. The van der Waals surface area contributed by atoms with E-state index in [0.29, 0.717) is 24.2 Å². The second-order valence-electron chi connectivity index (χ2n) is 4.88. The van der Waals surface area contributed by atoms with Crippen LogP contribution in [0.5, 0.6) is 5.88 Å². The van der Waals surface area contributed by atoms with Crippen molar-refractivity contribution in [2.75, 3.05) is 23.8 Å². The van der Waals surface area contributed by atoms with Gasteiger partial charge in [-0.2, -0.15) is 4.98 Å². The molecule has 1 heterocycles. The molecular weight excluding hydrogens is 230 g/mol. The van der Waals surface area contributed by atoms with E-state index >= 15 is 0 Å². The molecule has 1 saturated carbocycles. The van der Waals surface area contributed by atoms with Crippen LogP contribution < -0.4 is 15.4 Å². The van der Waals surface area contributed by atoms with Crippen LogP contribution in [-0.4, -0.2) is 35.4 Å². The smallest absolute Gasteiger partial charge is 0.239 e. The Hall–Kier alpha value is -1.49. The molecule has 0 atom stereocenters. The van der Waals surface area contributed by atoms with E-state index in [9.17, 15) is 0 Å². The molecule has 5 heteroatoms. The van der Waals surface area contributed by atoms with Gasteiger partial charge in [-0.25, -0.2) is 0 Å². The molecule has 3 N–H and O–H groups in total. The second-order valence-corrected chi connectivity index (χ2v) is 4.88. The molecule has 1 aliphatic carbocycles. The molecule has 100 valence electrons. The summed E-state index contributed by atoms with van der Waals surface area (Å²) in [5, 5.41) is 9.12. The van der Waals surface area contributed by atoms with Crippen LogP contribution in [0.25, 0.3) is 0 Å². The van der Waals surface area contributed by atoms with Gasteiger partial charge in [-0.3, -0.25) is 0 Å². The minimum atomic E-state index is 0.0438. The molecule has 5 nitrogen and oxygen atoms in total. The summed E-state index contributed by atoms with van der Waals surface area (Å²) < 4.78 is 5.59. The van der Waals surface area contributed by atoms with Crippen LogP contribution in [-0.2, 0) is 0 Å². The Morgan fingerprint density at radius 3 is 2.78 bits per heavy atom. The van der Waals surface area contributed by atoms with E-state index in [2.05, 4.69) is 9.88 Å². The van der Waals surface area contributed by atoms with Crippen molar-refractivity contribution < 1.29 is 9.84 Å². The predicted octanol–water partition coefficient (Wildman–Crippen LogP) is 1.41. The van der Waals surface area contributed by atoms with E-state index in [1.807, 2.05) is 26.0 Å². The Bertz CT molecular complexity index is 405.